The molecule has 31 heavy (non-hydrogen) atoms. The first-order chi connectivity index (χ1) is 15.0. The Bertz CT molecular complexity index is 668. The van der Waals surface area contributed by atoms with Gasteiger partial charge in [-0.05, 0) is 38.3 Å². The maximum atomic E-state index is 4.54. The molecule has 6 heteroatoms. The largest absolute Gasteiger partial charge is 0.355 e. The lowest BCUT2D eigenvalue weighted by molar-refractivity contribution is 0.0898. The fourth-order valence-electron chi connectivity index (χ4n) is 4.93. The third-order valence-electron chi connectivity index (χ3n) is 7.06. The predicted molar refractivity (Wildman–Crippen MR) is 132 cm³/mol. The highest BCUT2D eigenvalue weighted by atomic mass is 15.3. The van der Waals surface area contributed by atoms with Crippen molar-refractivity contribution in [2.75, 3.05) is 53.4 Å². The van der Waals surface area contributed by atoms with Gasteiger partial charge in [0.05, 0.1) is 0 Å². The first kappa shape index (κ1) is 24.0. The first-order valence-corrected chi connectivity index (χ1v) is 12.1. The van der Waals surface area contributed by atoms with Crippen molar-refractivity contribution in [1.29, 1.82) is 0 Å². The van der Waals surface area contributed by atoms with Crippen molar-refractivity contribution in [3.63, 3.8) is 0 Å². The lowest BCUT2D eigenvalue weighted by Gasteiger charge is -2.40. The van der Waals surface area contributed by atoms with Crippen molar-refractivity contribution in [2.45, 2.75) is 58.3 Å². The molecule has 0 aliphatic carbocycles. The van der Waals surface area contributed by atoms with Gasteiger partial charge in [-0.15, -0.1) is 0 Å². The SMILES string of the molecule is CN=C(NCC(C(C)C)N1CCN(C)CC1)NC1CCN(Cc2ccccc2)C(C)C1. The van der Waals surface area contributed by atoms with Crippen LogP contribution in [-0.2, 0) is 6.54 Å². The van der Waals surface area contributed by atoms with Crippen LogP contribution in [0.4, 0.5) is 0 Å². The quantitative estimate of drug-likeness (QED) is 0.516. The van der Waals surface area contributed by atoms with Crippen molar-refractivity contribution in [2.24, 2.45) is 10.9 Å². The van der Waals surface area contributed by atoms with Gasteiger partial charge in [0.1, 0.15) is 0 Å². The molecule has 174 valence electrons. The number of piperazine rings is 1. The molecule has 2 fully saturated rings. The van der Waals surface area contributed by atoms with Gasteiger partial charge in [-0.3, -0.25) is 14.8 Å². The van der Waals surface area contributed by atoms with E-state index in [1.165, 1.54) is 5.56 Å². The summed E-state index contributed by atoms with van der Waals surface area (Å²) in [6.45, 7) is 14.8. The van der Waals surface area contributed by atoms with E-state index in [-0.39, 0.29) is 0 Å². The number of hydrogen-bond acceptors (Lipinski definition) is 4. The summed E-state index contributed by atoms with van der Waals surface area (Å²) >= 11 is 0. The molecular weight excluding hydrogens is 384 g/mol. The van der Waals surface area contributed by atoms with Gasteiger partial charge in [0.25, 0.3) is 0 Å². The minimum atomic E-state index is 0.481. The molecule has 0 aromatic heterocycles. The van der Waals surface area contributed by atoms with E-state index in [1.54, 1.807) is 0 Å². The van der Waals surface area contributed by atoms with Crippen LogP contribution in [0.2, 0.25) is 0 Å². The summed E-state index contributed by atoms with van der Waals surface area (Å²) in [4.78, 5) is 12.2. The molecule has 2 N–H and O–H groups in total. The minimum Gasteiger partial charge on any atom is -0.355 e. The minimum absolute atomic E-state index is 0.481. The molecule has 3 unspecified atom stereocenters. The predicted octanol–water partition coefficient (Wildman–Crippen LogP) is 2.48. The van der Waals surface area contributed by atoms with Crippen molar-refractivity contribution in [3.8, 4) is 0 Å². The van der Waals surface area contributed by atoms with E-state index >= 15 is 0 Å². The summed E-state index contributed by atoms with van der Waals surface area (Å²) in [6.07, 6.45) is 2.31. The highest BCUT2D eigenvalue weighted by Gasteiger charge is 2.27. The normalized spacial score (nSPS) is 25.5. The van der Waals surface area contributed by atoms with Gasteiger partial charge in [-0.2, -0.15) is 0 Å². The van der Waals surface area contributed by atoms with Gasteiger partial charge in [-0.1, -0.05) is 44.2 Å². The Morgan fingerprint density at radius 1 is 1.10 bits per heavy atom. The molecule has 3 rings (SSSR count). The Hall–Kier alpha value is -1.63. The molecule has 0 radical (unpaired) electrons. The van der Waals surface area contributed by atoms with Crippen molar-refractivity contribution < 1.29 is 0 Å². The zero-order chi connectivity index (χ0) is 22.2. The average molecular weight is 429 g/mol. The van der Waals surface area contributed by atoms with Crippen LogP contribution in [-0.4, -0.2) is 92.1 Å². The smallest absolute Gasteiger partial charge is 0.191 e. The van der Waals surface area contributed by atoms with E-state index in [1.807, 2.05) is 7.05 Å². The maximum absolute atomic E-state index is 4.54. The summed E-state index contributed by atoms with van der Waals surface area (Å²) in [6, 6.07) is 12.4. The van der Waals surface area contributed by atoms with Crippen LogP contribution >= 0.6 is 0 Å². The molecule has 1 aromatic rings. The van der Waals surface area contributed by atoms with Crippen molar-refractivity contribution in [1.82, 2.24) is 25.3 Å². The third-order valence-corrected chi connectivity index (χ3v) is 7.06. The molecule has 1 aromatic carbocycles. The second-order valence-corrected chi connectivity index (χ2v) is 9.77. The van der Waals surface area contributed by atoms with Crippen LogP contribution in [0.25, 0.3) is 0 Å². The number of guanidine groups is 1. The van der Waals surface area contributed by atoms with Gasteiger partial charge >= 0.3 is 0 Å². The number of likely N-dealkylation sites (tertiary alicyclic amines) is 1. The standard InChI is InChI=1S/C25H44N6/c1-20(2)24(30-15-13-29(5)14-16-30)18-27-25(26-4)28-23-11-12-31(21(3)17-23)19-22-9-7-6-8-10-22/h6-10,20-21,23-24H,11-19H2,1-5H3,(H2,26,27,28). The number of nitrogens with one attached hydrogen (secondary N) is 2. The summed E-state index contributed by atoms with van der Waals surface area (Å²) in [7, 11) is 4.11. The van der Waals surface area contributed by atoms with Gasteiger partial charge in [0.2, 0.25) is 0 Å². The Morgan fingerprint density at radius 3 is 2.42 bits per heavy atom. The number of benzene rings is 1. The number of rotatable bonds is 7. The van der Waals surface area contributed by atoms with E-state index in [9.17, 15) is 0 Å². The van der Waals surface area contributed by atoms with Crippen LogP contribution in [0.1, 0.15) is 39.2 Å². The Kier molecular flexibility index (Phi) is 9.17. The summed E-state index contributed by atoms with van der Waals surface area (Å²) in [5.74, 6) is 1.57. The Balaban J connectivity index is 1.46. The topological polar surface area (TPSA) is 46.1 Å². The molecule has 0 saturated carbocycles. The van der Waals surface area contributed by atoms with Gasteiger partial charge in [0, 0.05) is 71.0 Å². The number of piperidine rings is 1. The fraction of sp³-hybridized carbons (Fsp3) is 0.720. The van der Waals surface area contributed by atoms with E-state index in [2.05, 4.69) is 88.5 Å². The molecule has 0 spiro atoms. The zero-order valence-electron chi connectivity index (χ0n) is 20.3. The van der Waals surface area contributed by atoms with Gasteiger partial charge in [-0.25, -0.2) is 0 Å². The number of likely N-dealkylation sites (N-methyl/N-ethyl adjacent to an activating group) is 1. The maximum Gasteiger partial charge on any atom is 0.191 e. The molecule has 0 bridgehead atoms. The van der Waals surface area contributed by atoms with Crippen LogP contribution in [0, 0.1) is 5.92 Å². The molecule has 2 heterocycles. The molecular formula is C25H44N6. The lowest BCUT2D eigenvalue weighted by atomic mass is 9.97. The van der Waals surface area contributed by atoms with Gasteiger partial charge in [0.15, 0.2) is 5.96 Å². The number of aliphatic imine (C=N–C) groups is 1. The number of nitrogens with zero attached hydrogens (tertiary/aromatic N) is 4. The van der Waals surface area contributed by atoms with Crippen LogP contribution in [0.15, 0.2) is 35.3 Å². The Labute approximate surface area is 190 Å². The lowest BCUT2D eigenvalue weighted by Crippen LogP contribution is -2.56. The van der Waals surface area contributed by atoms with E-state index in [0.29, 0.717) is 24.0 Å². The molecule has 2 aliphatic rings. The van der Waals surface area contributed by atoms with Crippen LogP contribution in [0.3, 0.4) is 0 Å². The fourth-order valence-corrected chi connectivity index (χ4v) is 4.93. The highest BCUT2D eigenvalue weighted by molar-refractivity contribution is 5.80. The molecule has 0 amide bonds. The summed E-state index contributed by atoms with van der Waals surface area (Å²) in [5.41, 5.74) is 1.40. The molecule has 6 nitrogen and oxygen atoms in total. The van der Waals surface area contributed by atoms with Crippen LogP contribution < -0.4 is 10.6 Å². The van der Waals surface area contributed by atoms with Gasteiger partial charge < -0.3 is 15.5 Å². The van der Waals surface area contributed by atoms with E-state index in [0.717, 1.165) is 64.6 Å². The summed E-state index contributed by atoms with van der Waals surface area (Å²) < 4.78 is 0. The van der Waals surface area contributed by atoms with E-state index in [4.69, 9.17) is 0 Å². The second kappa shape index (κ2) is 11.8. The second-order valence-electron chi connectivity index (χ2n) is 9.77. The number of hydrogen-bond donors (Lipinski definition) is 2. The third kappa shape index (κ3) is 7.19. The molecule has 3 atom stereocenters. The highest BCUT2D eigenvalue weighted by Crippen LogP contribution is 2.20. The van der Waals surface area contributed by atoms with E-state index < -0.39 is 0 Å². The van der Waals surface area contributed by atoms with Crippen molar-refractivity contribution >= 4 is 5.96 Å². The van der Waals surface area contributed by atoms with Crippen molar-refractivity contribution in [3.05, 3.63) is 35.9 Å². The average Bonchev–Trinajstić information content (AvgIpc) is 2.76. The molecule has 2 saturated heterocycles. The first-order valence-electron chi connectivity index (χ1n) is 12.1. The molecule has 2 aliphatic heterocycles. The summed E-state index contributed by atoms with van der Waals surface area (Å²) in [5, 5.41) is 7.35. The monoisotopic (exact) mass is 428 g/mol. The van der Waals surface area contributed by atoms with Crippen LogP contribution in [0.5, 0.6) is 0 Å². The Morgan fingerprint density at radius 2 is 1.81 bits per heavy atom. The zero-order valence-corrected chi connectivity index (χ0v) is 20.3.